The van der Waals surface area contributed by atoms with Gasteiger partial charge < -0.3 is 4.74 Å². The summed E-state index contributed by atoms with van der Waals surface area (Å²) in [4.78, 5) is 11.2. The Morgan fingerprint density at radius 2 is 2.12 bits per heavy atom. The van der Waals surface area contributed by atoms with Gasteiger partial charge in [0, 0.05) is 5.56 Å². The largest absolute Gasteiger partial charge is 0.492 e. The highest BCUT2D eigenvalue weighted by atomic mass is 35.5. The van der Waals surface area contributed by atoms with Gasteiger partial charge in [-0.25, -0.2) is 0 Å². The molecule has 0 amide bonds. The molecule has 0 unspecified atom stereocenters. The Labute approximate surface area is 107 Å². The van der Waals surface area contributed by atoms with Crippen LogP contribution in [0.4, 0.5) is 0 Å². The summed E-state index contributed by atoms with van der Waals surface area (Å²) in [5.41, 5.74) is 0.628. The smallest absolute Gasteiger partial charge is 0.159 e. The highest BCUT2D eigenvalue weighted by molar-refractivity contribution is 6.32. The monoisotopic (exact) mass is 252 g/mol. The molecule has 0 N–H and O–H groups in total. The maximum atomic E-state index is 11.2. The van der Waals surface area contributed by atoms with E-state index in [1.54, 1.807) is 18.2 Å². The molecule has 2 nitrogen and oxygen atoms in total. The van der Waals surface area contributed by atoms with Crippen molar-refractivity contribution in [1.29, 1.82) is 0 Å². The number of hydrogen-bond acceptors (Lipinski definition) is 2. The zero-order chi connectivity index (χ0) is 12.3. The summed E-state index contributed by atoms with van der Waals surface area (Å²) < 4.78 is 5.71. The number of hydrogen-bond donors (Lipinski definition) is 0. The number of rotatable bonds is 4. The van der Waals surface area contributed by atoms with Crippen molar-refractivity contribution in [3.63, 3.8) is 0 Å². The predicted octanol–water partition coefficient (Wildman–Crippen LogP) is 4.11. The van der Waals surface area contributed by atoms with Crippen molar-refractivity contribution in [2.24, 2.45) is 5.92 Å². The fourth-order valence-electron chi connectivity index (χ4n) is 2.22. The van der Waals surface area contributed by atoms with Gasteiger partial charge in [-0.15, -0.1) is 0 Å². The molecule has 0 aliphatic heterocycles. The fraction of sp³-hybridized carbons (Fsp3) is 0.500. The van der Waals surface area contributed by atoms with Crippen LogP contribution in [0.2, 0.25) is 5.02 Å². The van der Waals surface area contributed by atoms with E-state index in [1.165, 1.54) is 32.6 Å². The zero-order valence-electron chi connectivity index (χ0n) is 10.0. The Kier molecular flexibility index (Phi) is 4.06. The molecule has 1 saturated carbocycles. The van der Waals surface area contributed by atoms with Crippen LogP contribution in [0.1, 0.15) is 43.0 Å². The van der Waals surface area contributed by atoms with Gasteiger partial charge in [0.15, 0.2) is 5.78 Å². The first-order valence-electron chi connectivity index (χ1n) is 6.10. The predicted molar refractivity (Wildman–Crippen MR) is 68.9 cm³/mol. The lowest BCUT2D eigenvalue weighted by Crippen LogP contribution is -2.08. The number of Topliss-reactive ketones (excluding diaryl/α,β-unsaturated/α-hetero) is 1. The molecule has 0 saturated heterocycles. The lowest BCUT2D eigenvalue weighted by atomic mass is 10.1. The summed E-state index contributed by atoms with van der Waals surface area (Å²) >= 11 is 6.08. The average Bonchev–Trinajstić information content (AvgIpc) is 2.80. The van der Waals surface area contributed by atoms with Crippen molar-refractivity contribution in [3.05, 3.63) is 28.8 Å². The summed E-state index contributed by atoms with van der Waals surface area (Å²) in [6.45, 7) is 2.27. The van der Waals surface area contributed by atoms with Crippen LogP contribution in [0.15, 0.2) is 18.2 Å². The Bertz CT molecular complexity index is 409. The number of benzene rings is 1. The van der Waals surface area contributed by atoms with E-state index in [-0.39, 0.29) is 5.78 Å². The Balaban J connectivity index is 1.98. The topological polar surface area (TPSA) is 26.3 Å². The van der Waals surface area contributed by atoms with Crippen LogP contribution in [-0.2, 0) is 0 Å². The average molecular weight is 253 g/mol. The van der Waals surface area contributed by atoms with Crippen molar-refractivity contribution in [2.75, 3.05) is 6.61 Å². The first-order chi connectivity index (χ1) is 8.16. The number of halogens is 1. The quantitative estimate of drug-likeness (QED) is 0.754. The van der Waals surface area contributed by atoms with Gasteiger partial charge in [-0.2, -0.15) is 0 Å². The first kappa shape index (κ1) is 12.4. The molecule has 0 bridgehead atoms. The molecule has 1 aliphatic carbocycles. The van der Waals surface area contributed by atoms with Gasteiger partial charge in [0.25, 0.3) is 0 Å². The van der Waals surface area contributed by atoms with Crippen LogP contribution in [-0.4, -0.2) is 12.4 Å². The molecule has 0 aromatic heterocycles. The normalized spacial score (nSPS) is 16.1. The van der Waals surface area contributed by atoms with E-state index in [2.05, 4.69) is 0 Å². The SMILES string of the molecule is CC(=O)c1ccc(OCC2CCCC2)c(Cl)c1. The molecular weight excluding hydrogens is 236 g/mol. The Hall–Kier alpha value is -1.02. The fourth-order valence-corrected chi connectivity index (χ4v) is 2.46. The van der Waals surface area contributed by atoms with E-state index in [0.717, 1.165) is 6.61 Å². The molecule has 0 radical (unpaired) electrons. The number of carbonyl (C=O) groups excluding carboxylic acids is 1. The summed E-state index contributed by atoms with van der Waals surface area (Å²) in [6.07, 6.45) is 5.13. The lowest BCUT2D eigenvalue weighted by Gasteiger charge is -2.12. The van der Waals surface area contributed by atoms with Gasteiger partial charge in [0.2, 0.25) is 0 Å². The molecule has 1 fully saturated rings. The van der Waals surface area contributed by atoms with Crippen molar-refractivity contribution in [2.45, 2.75) is 32.6 Å². The highest BCUT2D eigenvalue weighted by Gasteiger charge is 2.16. The van der Waals surface area contributed by atoms with E-state index >= 15 is 0 Å². The van der Waals surface area contributed by atoms with E-state index in [0.29, 0.717) is 22.3 Å². The van der Waals surface area contributed by atoms with Crippen molar-refractivity contribution in [3.8, 4) is 5.75 Å². The summed E-state index contributed by atoms with van der Waals surface area (Å²) in [5, 5.41) is 0.524. The number of carbonyl (C=O) groups is 1. The minimum atomic E-state index is 0.0224. The molecule has 2 rings (SSSR count). The van der Waals surface area contributed by atoms with Crippen LogP contribution < -0.4 is 4.74 Å². The Morgan fingerprint density at radius 1 is 1.41 bits per heavy atom. The van der Waals surface area contributed by atoms with Crippen LogP contribution in [0.25, 0.3) is 0 Å². The summed E-state index contributed by atoms with van der Waals surface area (Å²) in [5.74, 6) is 1.37. The third kappa shape index (κ3) is 3.22. The van der Waals surface area contributed by atoms with Crippen LogP contribution in [0.3, 0.4) is 0 Å². The highest BCUT2D eigenvalue weighted by Crippen LogP contribution is 2.29. The number of ether oxygens (including phenoxy) is 1. The van der Waals surface area contributed by atoms with Gasteiger partial charge in [0.1, 0.15) is 5.75 Å². The van der Waals surface area contributed by atoms with E-state index in [9.17, 15) is 4.79 Å². The third-order valence-electron chi connectivity index (χ3n) is 3.29. The molecule has 3 heteroatoms. The van der Waals surface area contributed by atoms with Crippen molar-refractivity contribution >= 4 is 17.4 Å². The van der Waals surface area contributed by atoms with E-state index in [1.807, 2.05) is 0 Å². The minimum Gasteiger partial charge on any atom is -0.492 e. The van der Waals surface area contributed by atoms with Crippen molar-refractivity contribution < 1.29 is 9.53 Å². The van der Waals surface area contributed by atoms with Crippen LogP contribution in [0.5, 0.6) is 5.75 Å². The van der Waals surface area contributed by atoms with Crippen LogP contribution in [0, 0.1) is 5.92 Å². The molecular formula is C14H17ClO2. The minimum absolute atomic E-state index is 0.0224. The van der Waals surface area contributed by atoms with Gasteiger partial charge in [-0.05, 0) is 43.9 Å². The first-order valence-corrected chi connectivity index (χ1v) is 6.48. The van der Waals surface area contributed by atoms with Gasteiger partial charge in [-0.3, -0.25) is 4.79 Å². The maximum absolute atomic E-state index is 11.2. The van der Waals surface area contributed by atoms with E-state index in [4.69, 9.17) is 16.3 Å². The molecule has 17 heavy (non-hydrogen) atoms. The zero-order valence-corrected chi connectivity index (χ0v) is 10.8. The number of ketones is 1. The van der Waals surface area contributed by atoms with E-state index < -0.39 is 0 Å². The molecule has 0 heterocycles. The van der Waals surface area contributed by atoms with Crippen molar-refractivity contribution in [1.82, 2.24) is 0 Å². The van der Waals surface area contributed by atoms with Gasteiger partial charge >= 0.3 is 0 Å². The molecule has 0 atom stereocenters. The maximum Gasteiger partial charge on any atom is 0.159 e. The van der Waals surface area contributed by atoms with Gasteiger partial charge in [0.05, 0.1) is 11.6 Å². The summed E-state index contributed by atoms with van der Waals surface area (Å²) in [6, 6.07) is 5.22. The molecule has 1 aliphatic rings. The molecule has 1 aromatic carbocycles. The second kappa shape index (κ2) is 5.54. The van der Waals surface area contributed by atoms with Crippen LogP contribution >= 0.6 is 11.6 Å². The third-order valence-corrected chi connectivity index (χ3v) is 3.58. The Morgan fingerprint density at radius 3 is 2.71 bits per heavy atom. The summed E-state index contributed by atoms with van der Waals surface area (Å²) in [7, 11) is 0. The molecule has 92 valence electrons. The standard InChI is InChI=1S/C14H17ClO2/c1-10(16)12-6-7-14(13(15)8-12)17-9-11-4-2-3-5-11/h6-8,11H,2-5,9H2,1H3. The van der Waals surface area contributed by atoms with Gasteiger partial charge in [-0.1, -0.05) is 24.4 Å². The second-order valence-corrected chi connectivity index (χ2v) is 5.07. The lowest BCUT2D eigenvalue weighted by molar-refractivity contribution is 0.101. The molecule has 1 aromatic rings. The second-order valence-electron chi connectivity index (χ2n) is 4.66. The molecule has 0 spiro atoms.